The highest BCUT2D eigenvalue weighted by Gasteiger charge is 2.34. The Morgan fingerprint density at radius 2 is 1.70 bits per heavy atom. The molecule has 2 aromatic rings. The number of piperidine rings is 1. The number of carboxylic acid groups (broad SMARTS) is 1. The topological polar surface area (TPSA) is 49.8 Å². The number of carboxylic acids is 1. The molecule has 6 heteroatoms. The molecule has 1 aliphatic rings. The first-order valence-corrected chi connectivity index (χ1v) is 10.3. The van der Waals surface area contributed by atoms with Gasteiger partial charge in [-0.1, -0.05) is 12.1 Å². The van der Waals surface area contributed by atoms with Crippen molar-refractivity contribution in [2.45, 2.75) is 39.2 Å². The number of rotatable bonds is 7. The molecule has 0 radical (unpaired) electrons. The van der Waals surface area contributed by atoms with E-state index in [0.717, 1.165) is 35.2 Å². The molecule has 3 rings (SSSR count). The smallest absolute Gasteiger partial charge is 0.307 e. The average Bonchev–Trinajstić information content (AvgIpc) is 2.68. The molecule has 1 N–H and O–H groups in total. The summed E-state index contributed by atoms with van der Waals surface area (Å²) in [6.07, 6.45) is 1.55. The molecule has 0 aromatic heterocycles. The summed E-state index contributed by atoms with van der Waals surface area (Å²) in [7, 11) is 0. The largest absolute Gasteiger partial charge is 0.481 e. The molecule has 1 unspecified atom stereocenters. The molecule has 30 heavy (non-hydrogen) atoms. The van der Waals surface area contributed by atoms with E-state index in [4.69, 9.17) is 4.74 Å². The molecule has 1 saturated heterocycles. The number of nitrogens with zero attached hydrogens (tertiary/aromatic N) is 1. The van der Waals surface area contributed by atoms with Gasteiger partial charge in [-0.25, -0.2) is 8.78 Å². The highest BCUT2D eigenvalue weighted by Crippen LogP contribution is 2.37. The van der Waals surface area contributed by atoms with Gasteiger partial charge in [-0.05, 0) is 86.7 Å². The predicted molar refractivity (Wildman–Crippen MR) is 111 cm³/mol. The van der Waals surface area contributed by atoms with Gasteiger partial charge in [0.25, 0.3) is 0 Å². The molecule has 2 aromatic carbocycles. The Morgan fingerprint density at radius 1 is 1.13 bits per heavy atom. The van der Waals surface area contributed by atoms with Crippen molar-refractivity contribution in [3.63, 3.8) is 0 Å². The highest BCUT2D eigenvalue weighted by atomic mass is 19.1. The lowest BCUT2D eigenvalue weighted by molar-refractivity contribution is -0.143. The fraction of sp³-hybridized carbons (Fsp3) is 0.458. The quantitative estimate of drug-likeness (QED) is 0.712. The number of likely N-dealkylation sites (tertiary alicyclic amines) is 1. The number of carbonyl (C=O) groups is 1. The number of hydrogen-bond acceptors (Lipinski definition) is 3. The standard InChI is InChI=1S/C24H29F2NO3/c1-16-13-19(25)6-8-21(16)24(3,22-9-7-20(26)14-17(22)2)30-12-11-27-10-4-5-18(15-27)23(28)29/h6-9,13-14,18H,4-5,10-12,15H2,1-3H3,(H,28,29). The van der Waals surface area contributed by atoms with E-state index in [-0.39, 0.29) is 17.6 Å². The average molecular weight is 417 g/mol. The summed E-state index contributed by atoms with van der Waals surface area (Å²) in [6, 6.07) is 9.19. The van der Waals surface area contributed by atoms with Crippen LogP contribution in [0.4, 0.5) is 8.78 Å². The zero-order valence-corrected chi connectivity index (χ0v) is 17.8. The molecule has 1 fully saturated rings. The second kappa shape index (κ2) is 9.23. The van der Waals surface area contributed by atoms with E-state index in [2.05, 4.69) is 4.90 Å². The summed E-state index contributed by atoms with van der Waals surface area (Å²) in [6.45, 7) is 7.91. The fourth-order valence-electron chi connectivity index (χ4n) is 4.46. The number of aryl methyl sites for hydroxylation is 2. The van der Waals surface area contributed by atoms with Crippen molar-refractivity contribution in [2.24, 2.45) is 5.92 Å². The van der Waals surface area contributed by atoms with E-state index in [1.807, 2.05) is 20.8 Å². The molecule has 1 aliphatic heterocycles. The molecule has 1 heterocycles. The predicted octanol–water partition coefficient (Wildman–Crippen LogP) is 4.66. The lowest BCUT2D eigenvalue weighted by Gasteiger charge is -2.36. The second-order valence-electron chi connectivity index (χ2n) is 8.28. The maximum Gasteiger partial charge on any atom is 0.307 e. The zero-order chi connectivity index (χ0) is 21.9. The molecule has 0 spiro atoms. The number of halogens is 2. The first-order valence-electron chi connectivity index (χ1n) is 10.3. The molecule has 4 nitrogen and oxygen atoms in total. The summed E-state index contributed by atoms with van der Waals surface area (Å²) in [5, 5.41) is 9.29. The van der Waals surface area contributed by atoms with E-state index >= 15 is 0 Å². The minimum Gasteiger partial charge on any atom is -0.481 e. The van der Waals surface area contributed by atoms with Crippen LogP contribution in [0.2, 0.25) is 0 Å². The van der Waals surface area contributed by atoms with Gasteiger partial charge in [0, 0.05) is 13.1 Å². The monoisotopic (exact) mass is 417 g/mol. The van der Waals surface area contributed by atoms with Crippen LogP contribution in [0, 0.1) is 31.4 Å². The normalized spacial score (nSPS) is 17.8. The lowest BCUT2D eigenvalue weighted by atomic mass is 9.83. The molecule has 0 aliphatic carbocycles. The zero-order valence-electron chi connectivity index (χ0n) is 17.8. The van der Waals surface area contributed by atoms with Crippen LogP contribution >= 0.6 is 0 Å². The number of ether oxygens (including phenoxy) is 1. The maximum atomic E-state index is 13.7. The van der Waals surface area contributed by atoms with Crippen molar-refractivity contribution < 1.29 is 23.4 Å². The minimum absolute atomic E-state index is 0.317. The minimum atomic E-state index is -0.891. The van der Waals surface area contributed by atoms with Crippen molar-refractivity contribution in [2.75, 3.05) is 26.2 Å². The first kappa shape index (κ1) is 22.4. The number of benzene rings is 2. The van der Waals surface area contributed by atoms with Gasteiger partial charge >= 0.3 is 5.97 Å². The van der Waals surface area contributed by atoms with E-state index in [0.29, 0.717) is 26.1 Å². The SMILES string of the molecule is Cc1cc(F)ccc1C(C)(OCCN1CCCC(C(=O)O)C1)c1ccc(F)cc1C. The maximum absolute atomic E-state index is 13.7. The van der Waals surface area contributed by atoms with Crippen molar-refractivity contribution in [1.29, 1.82) is 0 Å². The lowest BCUT2D eigenvalue weighted by Crippen LogP contribution is -2.41. The molecular weight excluding hydrogens is 388 g/mol. The van der Waals surface area contributed by atoms with Gasteiger partial charge in [-0.15, -0.1) is 0 Å². The molecular formula is C24H29F2NO3. The molecule has 1 atom stereocenters. The van der Waals surface area contributed by atoms with Crippen LogP contribution in [0.3, 0.4) is 0 Å². The van der Waals surface area contributed by atoms with Crippen molar-refractivity contribution in [1.82, 2.24) is 4.90 Å². The van der Waals surface area contributed by atoms with E-state index in [9.17, 15) is 18.7 Å². The van der Waals surface area contributed by atoms with Crippen molar-refractivity contribution in [3.8, 4) is 0 Å². The fourth-order valence-corrected chi connectivity index (χ4v) is 4.46. The van der Waals surface area contributed by atoms with Gasteiger partial charge in [-0.2, -0.15) is 0 Å². The van der Waals surface area contributed by atoms with Gasteiger partial charge in [0.15, 0.2) is 0 Å². The Labute approximate surface area is 176 Å². The van der Waals surface area contributed by atoms with Crippen molar-refractivity contribution in [3.05, 3.63) is 70.3 Å². The summed E-state index contributed by atoms with van der Waals surface area (Å²) >= 11 is 0. The van der Waals surface area contributed by atoms with Crippen LogP contribution in [-0.2, 0) is 15.1 Å². The summed E-state index contributed by atoms with van der Waals surface area (Å²) in [5.74, 6) is -1.73. The summed E-state index contributed by atoms with van der Waals surface area (Å²) in [4.78, 5) is 13.4. The molecule has 0 bridgehead atoms. The van der Waals surface area contributed by atoms with Crippen LogP contribution in [-0.4, -0.2) is 42.2 Å². The van der Waals surface area contributed by atoms with Crippen LogP contribution in [0.25, 0.3) is 0 Å². The first-order chi connectivity index (χ1) is 14.2. The van der Waals surface area contributed by atoms with Gasteiger partial charge in [0.1, 0.15) is 17.2 Å². The van der Waals surface area contributed by atoms with Crippen LogP contribution < -0.4 is 0 Å². The van der Waals surface area contributed by atoms with E-state index < -0.39 is 11.6 Å². The molecule has 0 amide bonds. The van der Waals surface area contributed by atoms with E-state index in [1.165, 1.54) is 24.3 Å². The molecule has 162 valence electrons. The summed E-state index contributed by atoms with van der Waals surface area (Å²) < 4.78 is 33.9. The number of aliphatic carboxylic acids is 1. The Hall–Kier alpha value is -2.31. The third kappa shape index (κ3) is 4.87. The Kier molecular flexibility index (Phi) is 6.88. The Morgan fingerprint density at radius 3 is 2.20 bits per heavy atom. The van der Waals surface area contributed by atoms with Crippen molar-refractivity contribution >= 4 is 5.97 Å². The van der Waals surface area contributed by atoms with Gasteiger partial charge in [0.05, 0.1) is 12.5 Å². The van der Waals surface area contributed by atoms with Crippen LogP contribution in [0.1, 0.15) is 42.0 Å². The Bertz CT molecular complexity index is 864. The van der Waals surface area contributed by atoms with Gasteiger partial charge in [0.2, 0.25) is 0 Å². The van der Waals surface area contributed by atoms with E-state index in [1.54, 1.807) is 12.1 Å². The van der Waals surface area contributed by atoms with Gasteiger partial charge in [-0.3, -0.25) is 4.79 Å². The van der Waals surface area contributed by atoms with Crippen LogP contribution in [0.15, 0.2) is 36.4 Å². The molecule has 0 saturated carbocycles. The Balaban J connectivity index is 1.84. The van der Waals surface area contributed by atoms with Crippen LogP contribution in [0.5, 0.6) is 0 Å². The summed E-state index contributed by atoms with van der Waals surface area (Å²) in [5.41, 5.74) is 2.26. The third-order valence-corrected chi connectivity index (χ3v) is 6.06. The third-order valence-electron chi connectivity index (χ3n) is 6.06. The highest BCUT2D eigenvalue weighted by molar-refractivity contribution is 5.70. The second-order valence-corrected chi connectivity index (χ2v) is 8.28. The van der Waals surface area contributed by atoms with Gasteiger partial charge < -0.3 is 14.7 Å². The number of hydrogen-bond donors (Lipinski definition) is 1.